The fraction of sp³-hybridized carbons (Fsp3) is 0.308. The molecule has 0 spiro atoms. The average Bonchev–Trinajstić information content (AvgIpc) is 2.25. The summed E-state index contributed by atoms with van der Waals surface area (Å²) in [4.78, 5) is 21.9. The number of benzene rings is 1. The molecule has 0 bridgehead atoms. The third-order valence-corrected chi connectivity index (χ3v) is 1.98. The molecule has 0 saturated heterocycles. The van der Waals surface area contributed by atoms with Crippen LogP contribution < -0.4 is 0 Å². The normalized spacial score (nSPS) is 10.6. The summed E-state index contributed by atoms with van der Waals surface area (Å²) in [5.41, 5.74) is -0.694. The van der Waals surface area contributed by atoms with Crippen LogP contribution in [0.5, 0.6) is 0 Å². The van der Waals surface area contributed by atoms with E-state index < -0.39 is 16.5 Å². The lowest BCUT2D eigenvalue weighted by molar-refractivity contribution is -0.385. The van der Waals surface area contributed by atoms with Crippen molar-refractivity contribution in [3.8, 4) is 12.3 Å². The predicted molar refractivity (Wildman–Crippen MR) is 66.2 cm³/mol. The number of hydrogen-bond acceptors (Lipinski definition) is 4. The lowest BCUT2D eigenvalue weighted by Crippen LogP contribution is -2.23. The summed E-state index contributed by atoms with van der Waals surface area (Å²) in [5.74, 6) is 1.58. The summed E-state index contributed by atoms with van der Waals surface area (Å²) in [5, 5.41) is 10.8. The maximum absolute atomic E-state index is 11.7. The molecule has 0 radical (unpaired) electrons. The number of carbonyl (C=O) groups excluding carboxylic acids is 1. The van der Waals surface area contributed by atoms with E-state index in [0.29, 0.717) is 0 Å². The van der Waals surface area contributed by atoms with Gasteiger partial charge in [0.1, 0.15) is 11.2 Å². The summed E-state index contributed by atoms with van der Waals surface area (Å²) in [6.45, 7) is 5.15. The Hall–Kier alpha value is -2.35. The van der Waals surface area contributed by atoms with Crippen LogP contribution in [0, 0.1) is 22.5 Å². The largest absolute Gasteiger partial charge is 0.456 e. The van der Waals surface area contributed by atoms with E-state index in [9.17, 15) is 14.9 Å². The Balaban J connectivity index is 3.14. The van der Waals surface area contributed by atoms with Crippen LogP contribution in [0.2, 0.25) is 0 Å². The van der Waals surface area contributed by atoms with E-state index in [1.165, 1.54) is 12.1 Å². The van der Waals surface area contributed by atoms with Gasteiger partial charge in [-0.3, -0.25) is 10.1 Å². The van der Waals surface area contributed by atoms with Crippen molar-refractivity contribution >= 4 is 11.7 Å². The van der Waals surface area contributed by atoms with E-state index in [1.807, 2.05) is 0 Å². The van der Waals surface area contributed by atoms with E-state index in [1.54, 1.807) is 20.8 Å². The van der Waals surface area contributed by atoms with Crippen LogP contribution in [0.1, 0.15) is 36.7 Å². The molecular formula is C13H13NO4. The first-order valence-electron chi connectivity index (χ1n) is 5.23. The number of esters is 1. The van der Waals surface area contributed by atoms with Crippen LogP contribution in [-0.4, -0.2) is 16.5 Å². The molecule has 0 aliphatic heterocycles. The van der Waals surface area contributed by atoms with Crippen LogP contribution in [0.4, 0.5) is 5.69 Å². The van der Waals surface area contributed by atoms with Crippen LogP contribution in [0.15, 0.2) is 18.2 Å². The molecule has 94 valence electrons. The van der Waals surface area contributed by atoms with Crippen molar-refractivity contribution < 1.29 is 14.5 Å². The number of terminal acetylenes is 1. The second kappa shape index (κ2) is 4.88. The van der Waals surface area contributed by atoms with Gasteiger partial charge < -0.3 is 4.74 Å². The Morgan fingerprint density at radius 1 is 1.44 bits per heavy atom. The van der Waals surface area contributed by atoms with E-state index in [-0.39, 0.29) is 16.8 Å². The minimum atomic E-state index is -0.656. The summed E-state index contributed by atoms with van der Waals surface area (Å²) < 4.78 is 5.12. The molecule has 18 heavy (non-hydrogen) atoms. The minimum Gasteiger partial charge on any atom is -0.456 e. The molecule has 0 aliphatic rings. The van der Waals surface area contributed by atoms with E-state index in [2.05, 4.69) is 5.92 Å². The summed E-state index contributed by atoms with van der Waals surface area (Å²) >= 11 is 0. The van der Waals surface area contributed by atoms with Crippen molar-refractivity contribution in [2.45, 2.75) is 26.4 Å². The number of nitro groups is 1. The third kappa shape index (κ3) is 3.32. The van der Waals surface area contributed by atoms with Gasteiger partial charge in [0.2, 0.25) is 0 Å². The van der Waals surface area contributed by atoms with Gasteiger partial charge in [-0.05, 0) is 32.9 Å². The maximum atomic E-state index is 11.7. The number of hydrogen-bond donors (Lipinski definition) is 0. The van der Waals surface area contributed by atoms with Gasteiger partial charge in [0.05, 0.1) is 10.5 Å². The van der Waals surface area contributed by atoms with Gasteiger partial charge >= 0.3 is 5.97 Å². The molecule has 1 aromatic rings. The van der Waals surface area contributed by atoms with Gasteiger partial charge in [-0.25, -0.2) is 4.79 Å². The highest BCUT2D eigenvalue weighted by Gasteiger charge is 2.21. The molecule has 5 heteroatoms. The zero-order valence-corrected chi connectivity index (χ0v) is 10.4. The molecule has 1 aromatic carbocycles. The Morgan fingerprint density at radius 3 is 2.50 bits per heavy atom. The second-order valence-corrected chi connectivity index (χ2v) is 4.64. The smallest absolute Gasteiger partial charge is 0.338 e. The molecular weight excluding hydrogens is 234 g/mol. The fourth-order valence-electron chi connectivity index (χ4n) is 1.27. The highest BCUT2D eigenvalue weighted by Crippen LogP contribution is 2.21. The molecule has 0 aromatic heterocycles. The van der Waals surface area contributed by atoms with Crippen molar-refractivity contribution in [1.29, 1.82) is 0 Å². The molecule has 0 heterocycles. The lowest BCUT2D eigenvalue weighted by atomic mass is 10.1. The van der Waals surface area contributed by atoms with Crippen molar-refractivity contribution in [2.24, 2.45) is 0 Å². The van der Waals surface area contributed by atoms with Crippen LogP contribution in [0.3, 0.4) is 0 Å². The van der Waals surface area contributed by atoms with E-state index in [0.717, 1.165) is 6.07 Å². The fourth-order valence-corrected chi connectivity index (χ4v) is 1.27. The second-order valence-electron chi connectivity index (χ2n) is 4.64. The topological polar surface area (TPSA) is 69.4 Å². The number of ether oxygens (including phenoxy) is 1. The maximum Gasteiger partial charge on any atom is 0.338 e. The molecule has 0 aliphatic carbocycles. The van der Waals surface area contributed by atoms with E-state index in [4.69, 9.17) is 11.2 Å². The van der Waals surface area contributed by atoms with Crippen molar-refractivity contribution in [1.82, 2.24) is 0 Å². The van der Waals surface area contributed by atoms with Gasteiger partial charge in [0.25, 0.3) is 5.69 Å². The van der Waals surface area contributed by atoms with Crippen LogP contribution in [0.25, 0.3) is 0 Å². The summed E-state index contributed by atoms with van der Waals surface area (Å²) in [6.07, 6.45) is 5.15. The number of rotatable bonds is 2. The van der Waals surface area contributed by atoms with Crippen LogP contribution in [-0.2, 0) is 4.74 Å². The zero-order chi connectivity index (χ0) is 13.9. The van der Waals surface area contributed by atoms with Crippen molar-refractivity contribution in [2.75, 3.05) is 0 Å². The SMILES string of the molecule is C#Cc1ccc(C(=O)OC(C)(C)C)cc1[N+](=O)[O-]. The number of nitrogens with zero attached hydrogens (tertiary/aromatic N) is 1. The predicted octanol–water partition coefficient (Wildman–Crippen LogP) is 2.53. The standard InChI is InChI=1S/C13H13NO4/c1-5-9-6-7-10(8-11(9)14(16)17)12(15)18-13(2,3)4/h1,6-8H,2-4H3. The molecule has 0 N–H and O–H groups in total. The van der Waals surface area contributed by atoms with Crippen molar-refractivity contribution in [3.63, 3.8) is 0 Å². The quantitative estimate of drug-likeness (QED) is 0.348. The van der Waals surface area contributed by atoms with Gasteiger partial charge in [-0.2, -0.15) is 0 Å². The van der Waals surface area contributed by atoms with Gasteiger partial charge in [0.15, 0.2) is 0 Å². The number of carbonyl (C=O) groups is 1. The van der Waals surface area contributed by atoms with E-state index >= 15 is 0 Å². The van der Waals surface area contributed by atoms with Gasteiger partial charge in [-0.15, -0.1) is 6.42 Å². The van der Waals surface area contributed by atoms with Crippen LogP contribution >= 0.6 is 0 Å². The average molecular weight is 247 g/mol. The highest BCUT2D eigenvalue weighted by atomic mass is 16.6. The Morgan fingerprint density at radius 2 is 2.06 bits per heavy atom. The Bertz CT molecular complexity index is 535. The highest BCUT2D eigenvalue weighted by molar-refractivity contribution is 5.90. The lowest BCUT2D eigenvalue weighted by Gasteiger charge is -2.19. The first-order valence-corrected chi connectivity index (χ1v) is 5.23. The number of nitro benzene ring substituents is 1. The Kier molecular flexibility index (Phi) is 3.72. The molecule has 0 saturated carbocycles. The summed E-state index contributed by atoms with van der Waals surface area (Å²) in [7, 11) is 0. The zero-order valence-electron chi connectivity index (χ0n) is 10.4. The molecule has 0 atom stereocenters. The molecule has 0 unspecified atom stereocenters. The monoisotopic (exact) mass is 247 g/mol. The molecule has 5 nitrogen and oxygen atoms in total. The van der Waals surface area contributed by atoms with Crippen molar-refractivity contribution in [3.05, 3.63) is 39.4 Å². The molecule has 0 amide bonds. The summed E-state index contributed by atoms with van der Waals surface area (Å²) in [6, 6.07) is 3.90. The molecule has 0 fully saturated rings. The Labute approximate surface area is 105 Å². The first kappa shape index (κ1) is 13.7. The van der Waals surface area contributed by atoms with Gasteiger partial charge in [-0.1, -0.05) is 5.92 Å². The minimum absolute atomic E-state index is 0.107. The molecule has 1 rings (SSSR count). The van der Waals surface area contributed by atoms with Gasteiger partial charge in [0, 0.05) is 6.07 Å². The third-order valence-electron chi connectivity index (χ3n) is 1.98. The first-order chi connectivity index (χ1) is 8.24.